The number of hydrogen-bond acceptors (Lipinski definition) is 7. The summed E-state index contributed by atoms with van der Waals surface area (Å²) >= 11 is 0. The molecule has 3 heterocycles. The highest BCUT2D eigenvalue weighted by Crippen LogP contribution is 2.31. The number of halogens is 1. The Morgan fingerprint density at radius 3 is 2.54 bits per heavy atom. The maximum Gasteiger partial charge on any atom is 0.410 e. The molecule has 39 heavy (non-hydrogen) atoms. The van der Waals surface area contributed by atoms with Crippen molar-refractivity contribution in [2.24, 2.45) is 0 Å². The SMILES string of the molecule is CNc1cccc(-c2cccn3nc(Nc4ccc5c(c4)CCN(C(=O)OC(C)(C)C)CC5)nc23)c1C=N.I.[HH]. The number of nitrogens with one attached hydrogen (secondary N) is 3. The van der Waals surface area contributed by atoms with Crippen LogP contribution in [0.2, 0.25) is 0 Å². The molecule has 9 nitrogen and oxygen atoms in total. The van der Waals surface area contributed by atoms with E-state index in [-0.39, 0.29) is 31.5 Å². The fourth-order valence-electron chi connectivity index (χ4n) is 4.78. The number of benzene rings is 2. The molecular weight excluding hydrogens is 605 g/mol. The van der Waals surface area contributed by atoms with Crippen LogP contribution in [0.3, 0.4) is 0 Å². The molecule has 2 aromatic heterocycles. The fourth-order valence-corrected chi connectivity index (χ4v) is 4.78. The number of hydrogen-bond donors (Lipinski definition) is 3. The largest absolute Gasteiger partial charge is 0.444 e. The van der Waals surface area contributed by atoms with Gasteiger partial charge in [-0.2, -0.15) is 4.98 Å². The van der Waals surface area contributed by atoms with Crippen molar-refractivity contribution in [3.63, 3.8) is 0 Å². The smallest absolute Gasteiger partial charge is 0.410 e. The highest BCUT2D eigenvalue weighted by molar-refractivity contribution is 14.0. The van der Waals surface area contributed by atoms with E-state index in [1.54, 1.807) is 9.42 Å². The molecular formula is C29H36IN7O2. The standard InChI is InChI=1S/C29H33N7O2.HI.H2/c1-29(2,3)38-28(37)35-15-12-19-10-11-21(17-20(19)13-16-35)32-27-33-26-23(8-6-14-36(26)34-27)22-7-5-9-25(31-4)24(22)18-30;;/h5-11,14,17-18,30-31H,12-13,15-16H2,1-4H3,(H,32,34);2*1H. The van der Waals surface area contributed by atoms with Gasteiger partial charge in [0.2, 0.25) is 5.95 Å². The van der Waals surface area contributed by atoms with Crippen LogP contribution in [-0.4, -0.2) is 57.5 Å². The quantitative estimate of drug-likeness (QED) is 0.173. The number of carbonyl (C=O) groups excluding carboxylic acids is 1. The minimum atomic E-state index is -0.509. The van der Waals surface area contributed by atoms with E-state index in [2.05, 4.69) is 27.9 Å². The molecule has 0 saturated carbocycles. The van der Waals surface area contributed by atoms with Gasteiger partial charge in [0.15, 0.2) is 5.65 Å². The second kappa shape index (κ2) is 11.6. The first-order chi connectivity index (χ1) is 18.3. The van der Waals surface area contributed by atoms with Gasteiger partial charge in [0, 0.05) is 56.5 Å². The average molecular weight is 642 g/mol. The Morgan fingerprint density at radius 1 is 1.08 bits per heavy atom. The van der Waals surface area contributed by atoms with Crippen molar-refractivity contribution in [2.75, 3.05) is 30.8 Å². The Morgan fingerprint density at radius 2 is 1.82 bits per heavy atom. The van der Waals surface area contributed by atoms with E-state index in [0.717, 1.165) is 40.9 Å². The predicted octanol–water partition coefficient (Wildman–Crippen LogP) is 6.38. The van der Waals surface area contributed by atoms with Crippen molar-refractivity contribution in [1.82, 2.24) is 19.5 Å². The molecule has 3 N–H and O–H groups in total. The van der Waals surface area contributed by atoms with Crippen molar-refractivity contribution in [2.45, 2.75) is 39.2 Å². The summed E-state index contributed by atoms with van der Waals surface area (Å²) in [5, 5.41) is 19.1. The van der Waals surface area contributed by atoms with Crippen LogP contribution in [0, 0.1) is 5.41 Å². The first kappa shape index (κ1) is 28.3. The topological polar surface area (TPSA) is 108 Å². The summed E-state index contributed by atoms with van der Waals surface area (Å²) in [7, 11) is 1.85. The zero-order valence-corrected chi connectivity index (χ0v) is 24.9. The summed E-state index contributed by atoms with van der Waals surface area (Å²) in [4.78, 5) is 19.2. The molecule has 1 aliphatic heterocycles. The zero-order valence-electron chi connectivity index (χ0n) is 22.6. The minimum absolute atomic E-state index is 0. The molecule has 0 bridgehead atoms. The van der Waals surface area contributed by atoms with Crippen LogP contribution in [-0.2, 0) is 17.6 Å². The molecule has 0 fully saturated rings. The van der Waals surface area contributed by atoms with Gasteiger partial charge in [-0.15, -0.1) is 29.1 Å². The molecule has 10 heteroatoms. The summed E-state index contributed by atoms with van der Waals surface area (Å²) in [6.45, 7) is 6.91. The number of carbonyl (C=O) groups is 1. The molecule has 0 saturated heterocycles. The van der Waals surface area contributed by atoms with Gasteiger partial charge in [-0.3, -0.25) is 0 Å². The number of rotatable bonds is 5. The van der Waals surface area contributed by atoms with E-state index in [1.165, 1.54) is 17.3 Å². The lowest BCUT2D eigenvalue weighted by molar-refractivity contribution is 0.0258. The van der Waals surface area contributed by atoms with Gasteiger partial charge >= 0.3 is 6.09 Å². The monoisotopic (exact) mass is 641 g/mol. The number of pyridine rings is 1. The normalized spacial score (nSPS) is 13.2. The van der Waals surface area contributed by atoms with E-state index in [1.807, 2.05) is 70.4 Å². The summed E-state index contributed by atoms with van der Waals surface area (Å²) in [6.07, 6.45) is 4.50. The molecule has 1 aliphatic rings. The average Bonchev–Trinajstić information content (AvgIpc) is 3.17. The van der Waals surface area contributed by atoms with Gasteiger partial charge in [0.25, 0.3) is 0 Å². The molecule has 0 atom stereocenters. The minimum Gasteiger partial charge on any atom is -0.444 e. The summed E-state index contributed by atoms with van der Waals surface area (Å²) in [5.41, 5.74) is 7.01. The lowest BCUT2D eigenvalue weighted by Gasteiger charge is -2.26. The van der Waals surface area contributed by atoms with Crippen LogP contribution < -0.4 is 10.6 Å². The summed E-state index contributed by atoms with van der Waals surface area (Å²) < 4.78 is 7.32. The molecule has 0 radical (unpaired) electrons. The zero-order chi connectivity index (χ0) is 26.9. The third-order valence-corrected chi connectivity index (χ3v) is 6.59. The second-order valence-electron chi connectivity index (χ2n) is 10.4. The lowest BCUT2D eigenvalue weighted by Crippen LogP contribution is -2.38. The molecule has 4 aromatic rings. The van der Waals surface area contributed by atoms with Gasteiger partial charge in [-0.1, -0.05) is 18.2 Å². The Bertz CT molecular complexity index is 1520. The maximum absolute atomic E-state index is 12.6. The van der Waals surface area contributed by atoms with Crippen molar-refractivity contribution >= 4 is 59.3 Å². The predicted molar refractivity (Wildman–Crippen MR) is 168 cm³/mol. The Labute approximate surface area is 247 Å². The number of nitrogens with zero attached hydrogens (tertiary/aromatic N) is 4. The molecule has 0 spiro atoms. The van der Waals surface area contributed by atoms with Crippen LogP contribution in [0.4, 0.5) is 22.1 Å². The first-order valence-electron chi connectivity index (χ1n) is 12.8. The molecule has 2 aromatic carbocycles. The van der Waals surface area contributed by atoms with Gasteiger partial charge in [0.1, 0.15) is 5.60 Å². The second-order valence-corrected chi connectivity index (χ2v) is 10.4. The number of fused-ring (bicyclic) bond motifs is 2. The van der Waals surface area contributed by atoms with Crippen LogP contribution in [0.1, 0.15) is 38.9 Å². The van der Waals surface area contributed by atoms with Gasteiger partial charge in [0.05, 0.1) is 0 Å². The number of aromatic nitrogens is 3. The molecule has 206 valence electrons. The molecule has 0 aliphatic carbocycles. The van der Waals surface area contributed by atoms with Crippen LogP contribution >= 0.6 is 24.0 Å². The van der Waals surface area contributed by atoms with E-state index < -0.39 is 5.60 Å². The highest BCUT2D eigenvalue weighted by atomic mass is 127. The van der Waals surface area contributed by atoms with Crippen molar-refractivity contribution in [3.8, 4) is 11.1 Å². The van der Waals surface area contributed by atoms with Crippen molar-refractivity contribution < 1.29 is 11.0 Å². The van der Waals surface area contributed by atoms with Crippen molar-refractivity contribution in [3.05, 3.63) is 71.4 Å². The Kier molecular flexibility index (Phi) is 8.43. The Balaban J connectivity index is 0.00000220. The molecule has 5 rings (SSSR count). The van der Waals surface area contributed by atoms with Gasteiger partial charge in [-0.25, -0.2) is 9.31 Å². The molecule has 0 unspecified atom stereocenters. The molecule has 1 amide bonds. The highest BCUT2D eigenvalue weighted by Gasteiger charge is 2.24. The lowest BCUT2D eigenvalue weighted by atomic mass is 9.99. The summed E-state index contributed by atoms with van der Waals surface area (Å²) in [5.74, 6) is 0.488. The van der Waals surface area contributed by atoms with E-state index in [0.29, 0.717) is 24.7 Å². The van der Waals surface area contributed by atoms with Crippen LogP contribution in [0.15, 0.2) is 54.7 Å². The fraction of sp³-hybridized carbons (Fsp3) is 0.310. The van der Waals surface area contributed by atoms with Crippen LogP contribution in [0.25, 0.3) is 16.8 Å². The number of ether oxygens (including phenoxy) is 1. The number of anilines is 3. The third-order valence-electron chi connectivity index (χ3n) is 6.59. The number of amides is 1. The van der Waals surface area contributed by atoms with Gasteiger partial charge < -0.3 is 25.7 Å². The first-order valence-corrected chi connectivity index (χ1v) is 12.8. The van der Waals surface area contributed by atoms with Crippen molar-refractivity contribution in [1.29, 1.82) is 5.41 Å². The third kappa shape index (κ3) is 6.16. The Hall–Kier alpha value is -3.67. The van der Waals surface area contributed by atoms with E-state index in [4.69, 9.17) is 15.1 Å². The summed E-state index contributed by atoms with van der Waals surface area (Å²) in [6, 6.07) is 16.1. The van der Waals surface area contributed by atoms with E-state index >= 15 is 0 Å². The maximum atomic E-state index is 12.6. The van der Waals surface area contributed by atoms with Crippen LogP contribution in [0.5, 0.6) is 0 Å². The van der Waals surface area contributed by atoms with E-state index in [9.17, 15) is 4.79 Å². The van der Waals surface area contributed by atoms with Gasteiger partial charge in [-0.05, 0) is 80.6 Å².